The predicted octanol–water partition coefficient (Wildman–Crippen LogP) is 4.26. The van der Waals surface area contributed by atoms with Crippen molar-refractivity contribution in [2.24, 2.45) is 0 Å². The highest BCUT2D eigenvalue weighted by atomic mass is 16.5. The molecule has 0 aliphatic carbocycles. The molecule has 0 N–H and O–H groups in total. The van der Waals surface area contributed by atoms with Crippen LogP contribution in [0.1, 0.15) is 57.1 Å². The van der Waals surface area contributed by atoms with Crippen LogP contribution in [0.2, 0.25) is 0 Å². The van der Waals surface area contributed by atoms with E-state index < -0.39 is 0 Å². The van der Waals surface area contributed by atoms with Crippen molar-refractivity contribution in [1.29, 1.82) is 0 Å². The van der Waals surface area contributed by atoms with Crippen molar-refractivity contribution >= 4 is 5.78 Å². The lowest BCUT2D eigenvalue weighted by Gasteiger charge is -2.11. The SMILES string of the molecule is CCC(=O)CCCOc1cc(C)cc(C(C)C)c1. The predicted molar refractivity (Wildman–Crippen MR) is 75.3 cm³/mol. The van der Waals surface area contributed by atoms with Crippen molar-refractivity contribution in [3.63, 3.8) is 0 Å². The maximum Gasteiger partial charge on any atom is 0.132 e. The molecule has 2 heteroatoms. The maximum absolute atomic E-state index is 11.2. The second-order valence-corrected chi connectivity index (χ2v) is 5.08. The molecule has 0 heterocycles. The van der Waals surface area contributed by atoms with Gasteiger partial charge in [-0.25, -0.2) is 0 Å². The number of hydrogen-bond acceptors (Lipinski definition) is 2. The van der Waals surface area contributed by atoms with Gasteiger partial charge in [-0.3, -0.25) is 4.79 Å². The Morgan fingerprint density at radius 3 is 2.61 bits per heavy atom. The fraction of sp³-hybridized carbons (Fsp3) is 0.562. The number of carbonyl (C=O) groups is 1. The van der Waals surface area contributed by atoms with E-state index in [2.05, 4.69) is 32.9 Å². The molecule has 0 fully saturated rings. The Bertz CT molecular complexity index is 394. The molecule has 0 aliphatic rings. The Kier molecular flexibility index (Phi) is 5.90. The van der Waals surface area contributed by atoms with Gasteiger partial charge in [0.2, 0.25) is 0 Å². The molecule has 0 bridgehead atoms. The van der Waals surface area contributed by atoms with Gasteiger partial charge in [-0.2, -0.15) is 0 Å². The standard InChI is InChI=1S/C16H24O2/c1-5-15(17)7-6-8-18-16-10-13(4)9-14(11-16)12(2)3/h9-12H,5-8H2,1-4H3. The summed E-state index contributed by atoms with van der Waals surface area (Å²) in [6.45, 7) is 8.96. The summed E-state index contributed by atoms with van der Waals surface area (Å²) in [7, 11) is 0. The topological polar surface area (TPSA) is 26.3 Å². The zero-order valence-electron chi connectivity index (χ0n) is 12.0. The van der Waals surface area contributed by atoms with Gasteiger partial charge in [-0.15, -0.1) is 0 Å². The molecule has 0 saturated carbocycles. The van der Waals surface area contributed by atoms with E-state index in [4.69, 9.17) is 4.74 Å². The number of Topliss-reactive ketones (excluding diaryl/α,β-unsaturated/α-hetero) is 1. The quantitative estimate of drug-likeness (QED) is 0.674. The first-order valence-electron chi connectivity index (χ1n) is 6.79. The average molecular weight is 248 g/mol. The molecule has 0 radical (unpaired) electrons. The third kappa shape index (κ3) is 4.91. The first kappa shape index (κ1) is 14.7. The summed E-state index contributed by atoms with van der Waals surface area (Å²) in [4.78, 5) is 11.2. The lowest BCUT2D eigenvalue weighted by molar-refractivity contribution is -0.118. The molecule has 100 valence electrons. The molecular weight excluding hydrogens is 224 g/mol. The zero-order chi connectivity index (χ0) is 13.5. The van der Waals surface area contributed by atoms with Gasteiger partial charge in [-0.05, 0) is 42.5 Å². The second kappa shape index (κ2) is 7.20. The fourth-order valence-electron chi connectivity index (χ4n) is 1.83. The lowest BCUT2D eigenvalue weighted by Crippen LogP contribution is -2.03. The summed E-state index contributed by atoms with van der Waals surface area (Å²) in [5.41, 5.74) is 2.52. The van der Waals surface area contributed by atoms with Gasteiger partial charge >= 0.3 is 0 Å². The van der Waals surface area contributed by atoms with Gasteiger partial charge in [0.15, 0.2) is 0 Å². The van der Waals surface area contributed by atoms with Crippen LogP contribution in [0.5, 0.6) is 5.75 Å². The largest absolute Gasteiger partial charge is 0.494 e. The minimum atomic E-state index is 0.311. The van der Waals surface area contributed by atoms with Crippen molar-refractivity contribution in [1.82, 2.24) is 0 Å². The number of hydrogen-bond donors (Lipinski definition) is 0. The molecule has 2 nitrogen and oxygen atoms in total. The van der Waals surface area contributed by atoms with Crippen LogP contribution in [-0.4, -0.2) is 12.4 Å². The van der Waals surface area contributed by atoms with Crippen molar-refractivity contribution in [2.45, 2.75) is 52.9 Å². The van der Waals surface area contributed by atoms with Crippen LogP contribution in [0.15, 0.2) is 18.2 Å². The van der Waals surface area contributed by atoms with E-state index >= 15 is 0 Å². The minimum absolute atomic E-state index is 0.311. The zero-order valence-corrected chi connectivity index (χ0v) is 12.0. The molecule has 1 rings (SSSR count). The van der Waals surface area contributed by atoms with Crippen LogP contribution in [-0.2, 0) is 4.79 Å². The number of ketones is 1. The van der Waals surface area contributed by atoms with Crippen molar-refractivity contribution in [2.75, 3.05) is 6.61 Å². The van der Waals surface area contributed by atoms with Gasteiger partial charge in [0, 0.05) is 12.8 Å². The van der Waals surface area contributed by atoms with Crippen LogP contribution < -0.4 is 4.74 Å². The summed E-state index contributed by atoms with van der Waals surface area (Å²) in [5, 5.41) is 0. The molecule has 0 aromatic heterocycles. The van der Waals surface area contributed by atoms with Crippen LogP contribution >= 0.6 is 0 Å². The molecule has 0 spiro atoms. The Balaban J connectivity index is 2.49. The van der Waals surface area contributed by atoms with Gasteiger partial charge in [0.25, 0.3) is 0 Å². The van der Waals surface area contributed by atoms with Crippen LogP contribution in [0.4, 0.5) is 0 Å². The number of benzene rings is 1. The first-order valence-corrected chi connectivity index (χ1v) is 6.79. The Morgan fingerprint density at radius 1 is 1.28 bits per heavy atom. The van der Waals surface area contributed by atoms with Crippen molar-refractivity contribution < 1.29 is 9.53 Å². The van der Waals surface area contributed by atoms with E-state index in [1.165, 1.54) is 11.1 Å². The fourth-order valence-corrected chi connectivity index (χ4v) is 1.83. The molecule has 18 heavy (non-hydrogen) atoms. The van der Waals surface area contributed by atoms with Crippen LogP contribution in [0.3, 0.4) is 0 Å². The molecule has 0 unspecified atom stereocenters. The van der Waals surface area contributed by atoms with Gasteiger partial charge in [-0.1, -0.05) is 26.8 Å². The molecule has 0 atom stereocenters. The highest BCUT2D eigenvalue weighted by Gasteiger charge is 2.04. The molecule has 1 aromatic carbocycles. The number of aryl methyl sites for hydroxylation is 1. The molecule has 1 aromatic rings. The summed E-state index contributed by atoms with van der Waals surface area (Å²) in [6.07, 6.45) is 2.05. The summed E-state index contributed by atoms with van der Waals surface area (Å²) in [5.74, 6) is 1.74. The van der Waals surface area contributed by atoms with E-state index in [1.54, 1.807) is 0 Å². The van der Waals surface area contributed by atoms with Gasteiger partial charge < -0.3 is 4.74 Å². The third-order valence-corrected chi connectivity index (χ3v) is 3.00. The monoisotopic (exact) mass is 248 g/mol. The number of ether oxygens (including phenoxy) is 1. The van der Waals surface area contributed by atoms with Crippen LogP contribution in [0.25, 0.3) is 0 Å². The highest BCUT2D eigenvalue weighted by molar-refractivity contribution is 5.77. The highest BCUT2D eigenvalue weighted by Crippen LogP contribution is 2.22. The first-order chi connectivity index (χ1) is 8.52. The minimum Gasteiger partial charge on any atom is -0.494 e. The third-order valence-electron chi connectivity index (χ3n) is 3.00. The van der Waals surface area contributed by atoms with Gasteiger partial charge in [0.05, 0.1) is 6.61 Å². The van der Waals surface area contributed by atoms with Crippen molar-refractivity contribution in [3.05, 3.63) is 29.3 Å². The van der Waals surface area contributed by atoms with E-state index in [1.807, 2.05) is 13.0 Å². The van der Waals surface area contributed by atoms with Gasteiger partial charge in [0.1, 0.15) is 11.5 Å². The van der Waals surface area contributed by atoms with E-state index in [0.29, 0.717) is 31.1 Å². The molecular formula is C16H24O2. The van der Waals surface area contributed by atoms with E-state index in [0.717, 1.165) is 12.2 Å². The molecule has 0 saturated heterocycles. The average Bonchev–Trinajstić information content (AvgIpc) is 2.33. The number of carbonyl (C=O) groups excluding carboxylic acids is 1. The smallest absolute Gasteiger partial charge is 0.132 e. The maximum atomic E-state index is 11.2. The van der Waals surface area contributed by atoms with E-state index in [9.17, 15) is 4.79 Å². The number of rotatable bonds is 7. The summed E-state index contributed by atoms with van der Waals surface area (Å²) in [6, 6.07) is 6.34. The molecule has 0 aliphatic heterocycles. The Hall–Kier alpha value is -1.31. The van der Waals surface area contributed by atoms with Crippen molar-refractivity contribution in [3.8, 4) is 5.75 Å². The Labute approximate surface area is 110 Å². The summed E-state index contributed by atoms with van der Waals surface area (Å²) < 4.78 is 5.72. The van der Waals surface area contributed by atoms with Crippen LogP contribution in [0, 0.1) is 6.92 Å². The van der Waals surface area contributed by atoms with E-state index in [-0.39, 0.29) is 0 Å². The Morgan fingerprint density at radius 2 is 2.00 bits per heavy atom. The summed E-state index contributed by atoms with van der Waals surface area (Å²) >= 11 is 0. The lowest BCUT2D eigenvalue weighted by atomic mass is 10.0. The second-order valence-electron chi connectivity index (χ2n) is 5.08. The normalized spacial score (nSPS) is 10.7. The molecule has 0 amide bonds.